The smallest absolute Gasteiger partial charge is 0.143 e. The second-order valence-electron chi connectivity index (χ2n) is 14.9. The van der Waals surface area contributed by atoms with Gasteiger partial charge in [0.05, 0.1) is 22.1 Å². The summed E-state index contributed by atoms with van der Waals surface area (Å²) in [5, 5.41) is 7.25. The van der Waals surface area contributed by atoms with E-state index < -0.39 is 0 Å². The molecule has 3 heteroatoms. The van der Waals surface area contributed by atoms with Crippen LogP contribution in [-0.4, -0.2) is 9.13 Å². The molecule has 12 aromatic rings. The number of rotatable bonds is 5. The molecule has 0 aliphatic carbocycles. The van der Waals surface area contributed by atoms with Gasteiger partial charge in [-0.05, 0) is 101 Å². The largest absolute Gasteiger partial charge is 0.455 e. The lowest BCUT2D eigenvalue weighted by atomic mass is 9.92. The first kappa shape index (κ1) is 31.7. The number of fused-ring (bicyclic) bond motifs is 9. The maximum absolute atomic E-state index is 6.55. The highest BCUT2D eigenvalue weighted by atomic mass is 16.3. The summed E-state index contributed by atoms with van der Waals surface area (Å²) in [6, 6.07) is 74.5. The number of hydrogen-bond donors (Lipinski definition) is 0. The van der Waals surface area contributed by atoms with E-state index in [0.29, 0.717) is 0 Å². The average molecular weight is 727 g/mol. The van der Waals surface area contributed by atoms with Crippen LogP contribution < -0.4 is 0 Å². The topological polar surface area (TPSA) is 23.0 Å². The summed E-state index contributed by atoms with van der Waals surface area (Å²) in [5.74, 6) is 0. The van der Waals surface area contributed by atoms with Crippen LogP contribution in [-0.2, 0) is 0 Å². The lowest BCUT2D eigenvalue weighted by Gasteiger charge is -2.14. The minimum absolute atomic E-state index is 0.903. The van der Waals surface area contributed by atoms with Crippen molar-refractivity contribution < 1.29 is 4.42 Å². The van der Waals surface area contributed by atoms with Gasteiger partial charge in [0.2, 0.25) is 0 Å². The van der Waals surface area contributed by atoms with E-state index in [2.05, 4.69) is 209 Å². The zero-order valence-electron chi connectivity index (χ0n) is 30.9. The minimum atomic E-state index is 0.903. The van der Waals surface area contributed by atoms with Crippen molar-refractivity contribution in [1.82, 2.24) is 9.13 Å². The molecule has 0 fully saturated rings. The fourth-order valence-electron chi connectivity index (χ4n) is 9.12. The molecular weight excluding hydrogens is 693 g/mol. The second kappa shape index (κ2) is 12.5. The molecule has 0 aliphatic heterocycles. The first-order valence-corrected chi connectivity index (χ1v) is 19.5. The molecule has 0 N–H and O–H groups in total. The number of nitrogens with zero attached hydrogens (tertiary/aromatic N) is 2. The molecule has 57 heavy (non-hydrogen) atoms. The Hall–Kier alpha value is -7.62. The summed E-state index contributed by atoms with van der Waals surface area (Å²) in [7, 11) is 0. The van der Waals surface area contributed by atoms with Crippen LogP contribution in [0.2, 0.25) is 0 Å². The van der Waals surface area contributed by atoms with Gasteiger partial charge in [0.15, 0.2) is 0 Å². The standard InChI is InChI=1S/C54H34N2O/c1-2-14-35(15-3-1)37-30-38(32-39(31-37)42-22-13-23-47-46-21-7-11-27-53(46)57-54(42)47)36-16-12-17-40(33-36)55-51-26-10-6-20-45(51)48-34-41(28-29-52(48)55)56-49-24-8-4-18-43(49)44-19-5-9-25-50(44)56/h1-34H. The Balaban J connectivity index is 1.04. The number of aromatic nitrogens is 2. The van der Waals surface area contributed by atoms with E-state index in [4.69, 9.17) is 4.42 Å². The van der Waals surface area contributed by atoms with E-state index in [1.807, 2.05) is 6.07 Å². The van der Waals surface area contributed by atoms with Gasteiger partial charge in [-0.25, -0.2) is 0 Å². The minimum Gasteiger partial charge on any atom is -0.455 e. The zero-order valence-corrected chi connectivity index (χ0v) is 30.9. The van der Waals surface area contributed by atoms with Gasteiger partial charge >= 0.3 is 0 Å². The maximum atomic E-state index is 6.55. The molecule has 3 heterocycles. The van der Waals surface area contributed by atoms with Crippen LogP contribution in [0.5, 0.6) is 0 Å². The highest BCUT2D eigenvalue weighted by Gasteiger charge is 2.18. The van der Waals surface area contributed by atoms with Crippen molar-refractivity contribution in [3.63, 3.8) is 0 Å². The third-order valence-corrected chi connectivity index (χ3v) is 11.7. The van der Waals surface area contributed by atoms with Gasteiger partial charge in [0.25, 0.3) is 0 Å². The summed E-state index contributed by atoms with van der Waals surface area (Å²) in [6.45, 7) is 0. The van der Waals surface area contributed by atoms with Crippen molar-refractivity contribution in [1.29, 1.82) is 0 Å². The lowest BCUT2D eigenvalue weighted by Crippen LogP contribution is -1.96. The van der Waals surface area contributed by atoms with E-state index in [9.17, 15) is 0 Å². The van der Waals surface area contributed by atoms with Gasteiger partial charge in [-0.15, -0.1) is 0 Å². The first-order valence-electron chi connectivity index (χ1n) is 19.5. The van der Waals surface area contributed by atoms with Crippen LogP contribution in [0.25, 0.3) is 110 Å². The molecule has 0 saturated carbocycles. The van der Waals surface area contributed by atoms with Crippen LogP contribution >= 0.6 is 0 Å². The van der Waals surface area contributed by atoms with Crippen LogP contribution in [0, 0.1) is 0 Å². The van der Waals surface area contributed by atoms with E-state index in [-0.39, 0.29) is 0 Å². The predicted molar refractivity (Wildman–Crippen MR) is 239 cm³/mol. The molecular formula is C54H34N2O. The number of benzene rings is 9. The number of hydrogen-bond acceptors (Lipinski definition) is 1. The molecule has 3 nitrogen and oxygen atoms in total. The Morgan fingerprint density at radius 2 is 0.789 bits per heavy atom. The third-order valence-electron chi connectivity index (χ3n) is 11.7. The fraction of sp³-hybridized carbons (Fsp3) is 0. The van der Waals surface area contributed by atoms with Crippen molar-refractivity contribution in [2.75, 3.05) is 0 Å². The summed E-state index contributed by atoms with van der Waals surface area (Å²) < 4.78 is 11.4. The zero-order chi connectivity index (χ0) is 37.5. The van der Waals surface area contributed by atoms with Gasteiger partial charge in [0.1, 0.15) is 11.2 Å². The van der Waals surface area contributed by atoms with Gasteiger partial charge in [-0.2, -0.15) is 0 Å². The van der Waals surface area contributed by atoms with E-state index in [1.54, 1.807) is 0 Å². The summed E-state index contributed by atoms with van der Waals surface area (Å²) in [5.41, 5.74) is 15.7. The van der Waals surface area contributed by atoms with E-state index >= 15 is 0 Å². The molecule has 3 aromatic heterocycles. The summed E-state index contributed by atoms with van der Waals surface area (Å²) >= 11 is 0. The molecule has 0 spiro atoms. The SMILES string of the molecule is c1ccc(-c2cc(-c3cccc(-n4c5ccccc5c5cc(-n6c7ccccc7c7ccccc76)ccc54)c3)cc(-c3cccc4c3oc3ccccc34)c2)cc1. The molecule has 0 radical (unpaired) electrons. The van der Waals surface area contributed by atoms with Crippen LogP contribution in [0.15, 0.2) is 211 Å². The van der Waals surface area contributed by atoms with Gasteiger partial charge < -0.3 is 13.6 Å². The number of para-hydroxylation sites is 5. The van der Waals surface area contributed by atoms with E-state index in [1.165, 1.54) is 49.2 Å². The molecule has 266 valence electrons. The highest BCUT2D eigenvalue weighted by molar-refractivity contribution is 6.13. The average Bonchev–Trinajstić information content (AvgIpc) is 3.94. The molecule has 0 aliphatic rings. The maximum Gasteiger partial charge on any atom is 0.143 e. The van der Waals surface area contributed by atoms with Crippen molar-refractivity contribution in [3.8, 4) is 44.8 Å². The predicted octanol–water partition coefficient (Wildman–Crippen LogP) is 14.8. The van der Waals surface area contributed by atoms with Gasteiger partial charge in [-0.3, -0.25) is 0 Å². The molecule has 0 saturated heterocycles. The fourth-order valence-corrected chi connectivity index (χ4v) is 9.12. The molecule has 0 unspecified atom stereocenters. The Morgan fingerprint density at radius 3 is 1.51 bits per heavy atom. The van der Waals surface area contributed by atoms with Crippen molar-refractivity contribution >= 4 is 65.6 Å². The van der Waals surface area contributed by atoms with Crippen molar-refractivity contribution in [3.05, 3.63) is 206 Å². The Kier molecular flexibility index (Phi) is 6.93. The van der Waals surface area contributed by atoms with Gasteiger partial charge in [-0.1, -0.05) is 133 Å². The lowest BCUT2D eigenvalue weighted by molar-refractivity contribution is 0.670. The first-order chi connectivity index (χ1) is 28.3. The molecule has 0 amide bonds. The summed E-state index contributed by atoms with van der Waals surface area (Å²) in [4.78, 5) is 0. The van der Waals surface area contributed by atoms with Gasteiger partial charge in [0, 0.05) is 49.3 Å². The number of furan rings is 1. The molecule has 12 rings (SSSR count). The Bertz CT molecular complexity index is 3470. The van der Waals surface area contributed by atoms with E-state index in [0.717, 1.165) is 61.1 Å². The summed E-state index contributed by atoms with van der Waals surface area (Å²) in [6.07, 6.45) is 0. The second-order valence-corrected chi connectivity index (χ2v) is 14.9. The van der Waals surface area contributed by atoms with Crippen LogP contribution in [0.3, 0.4) is 0 Å². The monoisotopic (exact) mass is 726 g/mol. The van der Waals surface area contributed by atoms with Crippen LogP contribution in [0.4, 0.5) is 0 Å². The molecule has 0 atom stereocenters. The van der Waals surface area contributed by atoms with Crippen molar-refractivity contribution in [2.45, 2.75) is 0 Å². The quantitative estimate of drug-likeness (QED) is 0.173. The molecule has 9 aromatic carbocycles. The normalized spacial score (nSPS) is 11.9. The van der Waals surface area contributed by atoms with Crippen LogP contribution in [0.1, 0.15) is 0 Å². The third kappa shape index (κ3) is 4.92. The Labute approximate surface area is 328 Å². The highest BCUT2D eigenvalue weighted by Crippen LogP contribution is 2.41. The Morgan fingerprint density at radius 1 is 0.281 bits per heavy atom. The van der Waals surface area contributed by atoms with Crippen molar-refractivity contribution in [2.24, 2.45) is 0 Å². The molecule has 0 bridgehead atoms.